The molecule has 0 spiro atoms. The van der Waals surface area contributed by atoms with Crippen molar-refractivity contribution in [3.05, 3.63) is 76.2 Å². The van der Waals surface area contributed by atoms with Crippen LogP contribution in [-0.4, -0.2) is 19.7 Å². The molecule has 2 aromatic heterocycles. The van der Waals surface area contributed by atoms with Crippen LogP contribution in [0.2, 0.25) is 0 Å². The standard InChI is InChI=1S/C17H18FN5O/c1-12(23-7-3-6-20-23)8-15-10-16(24)22-17(21-15)19-11-13-4-2-5-14(18)9-13/h2-7,9-10,12H,8,11H2,1H3,(H2,19,21,22,24). The molecule has 24 heavy (non-hydrogen) atoms. The fraction of sp³-hybridized carbons (Fsp3) is 0.235. The number of anilines is 1. The van der Waals surface area contributed by atoms with Crippen molar-refractivity contribution in [2.75, 3.05) is 5.32 Å². The van der Waals surface area contributed by atoms with Gasteiger partial charge in [-0.25, -0.2) is 9.37 Å². The lowest BCUT2D eigenvalue weighted by molar-refractivity contribution is 0.484. The molecule has 3 rings (SSSR count). The molecule has 0 amide bonds. The normalized spacial score (nSPS) is 12.1. The van der Waals surface area contributed by atoms with Gasteiger partial charge in [0.1, 0.15) is 5.82 Å². The van der Waals surface area contributed by atoms with Crippen molar-refractivity contribution in [1.29, 1.82) is 0 Å². The molecule has 0 aliphatic heterocycles. The molecule has 2 N–H and O–H groups in total. The Labute approximate surface area is 138 Å². The summed E-state index contributed by atoms with van der Waals surface area (Å²) in [5.41, 5.74) is 1.21. The highest BCUT2D eigenvalue weighted by Crippen LogP contribution is 2.11. The summed E-state index contributed by atoms with van der Waals surface area (Å²) in [6.07, 6.45) is 4.18. The van der Waals surface area contributed by atoms with E-state index >= 15 is 0 Å². The summed E-state index contributed by atoms with van der Waals surface area (Å²) in [7, 11) is 0. The Balaban J connectivity index is 1.70. The van der Waals surface area contributed by atoms with E-state index in [1.165, 1.54) is 18.2 Å². The fourth-order valence-electron chi connectivity index (χ4n) is 2.47. The van der Waals surface area contributed by atoms with Crippen molar-refractivity contribution in [2.45, 2.75) is 25.9 Å². The highest BCUT2D eigenvalue weighted by molar-refractivity contribution is 5.28. The lowest BCUT2D eigenvalue weighted by Crippen LogP contribution is -2.16. The van der Waals surface area contributed by atoms with Crippen molar-refractivity contribution in [2.24, 2.45) is 0 Å². The second-order valence-corrected chi connectivity index (χ2v) is 5.61. The monoisotopic (exact) mass is 327 g/mol. The zero-order chi connectivity index (χ0) is 16.9. The Hall–Kier alpha value is -2.96. The molecule has 1 aromatic carbocycles. The lowest BCUT2D eigenvalue weighted by Gasteiger charge is -2.12. The Morgan fingerprint density at radius 1 is 1.33 bits per heavy atom. The van der Waals surface area contributed by atoms with Gasteiger partial charge in [0.25, 0.3) is 5.56 Å². The van der Waals surface area contributed by atoms with Gasteiger partial charge in [-0.2, -0.15) is 5.10 Å². The van der Waals surface area contributed by atoms with Gasteiger partial charge in [0.15, 0.2) is 0 Å². The van der Waals surface area contributed by atoms with Crippen LogP contribution >= 0.6 is 0 Å². The molecule has 0 aliphatic rings. The van der Waals surface area contributed by atoms with Gasteiger partial charge in [-0.05, 0) is 30.7 Å². The first kappa shape index (κ1) is 15.9. The minimum absolute atomic E-state index is 0.0883. The van der Waals surface area contributed by atoms with Gasteiger partial charge >= 0.3 is 0 Å². The summed E-state index contributed by atoms with van der Waals surface area (Å²) >= 11 is 0. The van der Waals surface area contributed by atoms with E-state index in [4.69, 9.17) is 0 Å². The van der Waals surface area contributed by atoms with E-state index in [1.54, 1.807) is 18.3 Å². The first-order valence-corrected chi connectivity index (χ1v) is 7.68. The maximum atomic E-state index is 13.2. The van der Waals surface area contributed by atoms with Gasteiger partial charge in [0, 0.05) is 31.4 Å². The summed E-state index contributed by atoms with van der Waals surface area (Å²) in [5, 5.41) is 7.21. The highest BCUT2D eigenvalue weighted by Gasteiger charge is 2.09. The summed E-state index contributed by atoms with van der Waals surface area (Å²) in [5.74, 6) is 0.0759. The third-order valence-electron chi connectivity index (χ3n) is 3.62. The molecule has 7 heteroatoms. The number of hydrogen-bond acceptors (Lipinski definition) is 4. The Kier molecular flexibility index (Phi) is 4.69. The van der Waals surface area contributed by atoms with Crippen LogP contribution in [0.5, 0.6) is 0 Å². The lowest BCUT2D eigenvalue weighted by atomic mass is 10.2. The number of H-pyrrole nitrogens is 1. The maximum absolute atomic E-state index is 13.2. The Morgan fingerprint density at radius 3 is 2.96 bits per heavy atom. The van der Waals surface area contributed by atoms with E-state index in [2.05, 4.69) is 20.4 Å². The van der Waals surface area contributed by atoms with Crippen molar-refractivity contribution in [1.82, 2.24) is 19.7 Å². The largest absolute Gasteiger partial charge is 0.352 e. The maximum Gasteiger partial charge on any atom is 0.252 e. The molecule has 0 saturated heterocycles. The van der Waals surface area contributed by atoms with Gasteiger partial charge in [0.05, 0.1) is 11.7 Å². The number of rotatable bonds is 6. The number of nitrogens with zero attached hydrogens (tertiary/aromatic N) is 3. The zero-order valence-corrected chi connectivity index (χ0v) is 13.2. The third-order valence-corrected chi connectivity index (χ3v) is 3.62. The summed E-state index contributed by atoms with van der Waals surface area (Å²) in [6, 6.07) is 9.70. The molecule has 0 fully saturated rings. The SMILES string of the molecule is CC(Cc1cc(=O)[nH]c(NCc2cccc(F)c2)n1)n1cccn1. The number of halogens is 1. The minimum Gasteiger partial charge on any atom is -0.352 e. The van der Waals surface area contributed by atoms with E-state index in [1.807, 2.05) is 23.9 Å². The molecule has 6 nitrogen and oxygen atoms in total. The van der Waals surface area contributed by atoms with E-state index in [0.717, 1.165) is 5.56 Å². The van der Waals surface area contributed by atoms with Crippen LogP contribution in [0, 0.1) is 5.82 Å². The predicted octanol–water partition coefficient (Wildman–Crippen LogP) is 2.52. The quantitative estimate of drug-likeness (QED) is 0.729. The van der Waals surface area contributed by atoms with Crippen molar-refractivity contribution < 1.29 is 4.39 Å². The number of nitrogens with one attached hydrogen (secondary N) is 2. The molecule has 0 aliphatic carbocycles. The van der Waals surface area contributed by atoms with E-state index in [9.17, 15) is 9.18 Å². The van der Waals surface area contributed by atoms with E-state index in [-0.39, 0.29) is 17.4 Å². The smallest absolute Gasteiger partial charge is 0.252 e. The molecule has 3 aromatic rings. The van der Waals surface area contributed by atoms with Crippen LogP contribution in [-0.2, 0) is 13.0 Å². The van der Waals surface area contributed by atoms with E-state index < -0.39 is 0 Å². The third kappa shape index (κ3) is 4.07. The fourth-order valence-corrected chi connectivity index (χ4v) is 2.47. The molecule has 124 valence electrons. The number of hydrogen-bond donors (Lipinski definition) is 2. The molecule has 2 heterocycles. The second-order valence-electron chi connectivity index (χ2n) is 5.61. The summed E-state index contributed by atoms with van der Waals surface area (Å²) < 4.78 is 15.0. The van der Waals surface area contributed by atoms with Crippen LogP contribution < -0.4 is 10.9 Å². The van der Waals surface area contributed by atoms with Gasteiger partial charge in [-0.3, -0.25) is 14.5 Å². The Bertz CT molecular complexity index is 859. The molecule has 1 atom stereocenters. The van der Waals surface area contributed by atoms with Gasteiger partial charge < -0.3 is 5.32 Å². The summed E-state index contributed by atoms with van der Waals surface area (Å²) in [6.45, 7) is 2.38. The van der Waals surface area contributed by atoms with E-state index in [0.29, 0.717) is 24.6 Å². The molecule has 0 bridgehead atoms. The molecule has 1 unspecified atom stereocenters. The van der Waals surface area contributed by atoms with Crippen LogP contribution in [0.4, 0.5) is 10.3 Å². The summed E-state index contributed by atoms with van der Waals surface area (Å²) in [4.78, 5) is 18.9. The van der Waals surface area contributed by atoms with Gasteiger partial charge in [-0.1, -0.05) is 12.1 Å². The van der Waals surface area contributed by atoms with Gasteiger partial charge in [0.2, 0.25) is 5.95 Å². The topological polar surface area (TPSA) is 75.6 Å². The average Bonchev–Trinajstić information content (AvgIpc) is 3.07. The first-order chi connectivity index (χ1) is 11.6. The molecular formula is C17H18FN5O. The first-order valence-electron chi connectivity index (χ1n) is 7.68. The molecule has 0 radical (unpaired) electrons. The molecular weight excluding hydrogens is 309 g/mol. The number of benzene rings is 1. The van der Waals surface area contributed by atoms with Crippen molar-refractivity contribution in [3.63, 3.8) is 0 Å². The molecule has 0 saturated carbocycles. The van der Waals surface area contributed by atoms with Crippen LogP contribution in [0.25, 0.3) is 0 Å². The minimum atomic E-state index is -0.294. The highest BCUT2D eigenvalue weighted by atomic mass is 19.1. The second kappa shape index (κ2) is 7.08. The van der Waals surface area contributed by atoms with Crippen LogP contribution in [0.3, 0.4) is 0 Å². The number of aromatic nitrogens is 4. The van der Waals surface area contributed by atoms with Crippen molar-refractivity contribution in [3.8, 4) is 0 Å². The van der Waals surface area contributed by atoms with Crippen molar-refractivity contribution >= 4 is 5.95 Å². The average molecular weight is 327 g/mol. The Morgan fingerprint density at radius 2 is 2.21 bits per heavy atom. The van der Waals surface area contributed by atoms with Crippen LogP contribution in [0.1, 0.15) is 24.2 Å². The number of aromatic amines is 1. The zero-order valence-electron chi connectivity index (χ0n) is 13.2. The predicted molar refractivity (Wildman–Crippen MR) is 89.2 cm³/mol. The van der Waals surface area contributed by atoms with Gasteiger partial charge in [-0.15, -0.1) is 0 Å². The van der Waals surface area contributed by atoms with Crippen LogP contribution in [0.15, 0.2) is 53.6 Å².